The molecule has 0 saturated heterocycles. The van der Waals surface area contributed by atoms with Gasteiger partial charge in [-0.3, -0.25) is 9.63 Å². The predicted molar refractivity (Wildman–Crippen MR) is 111 cm³/mol. The Bertz CT molecular complexity index is 786. The molecule has 2 rings (SSSR count). The van der Waals surface area contributed by atoms with Gasteiger partial charge in [0.15, 0.2) is 0 Å². The van der Waals surface area contributed by atoms with Crippen molar-refractivity contribution in [3.8, 4) is 0 Å². The van der Waals surface area contributed by atoms with E-state index in [0.717, 1.165) is 16.7 Å². The van der Waals surface area contributed by atoms with Gasteiger partial charge in [-0.15, -0.1) is 0 Å². The molecular formula is C22H29N3O4. The molecule has 0 aliphatic heterocycles. The van der Waals surface area contributed by atoms with E-state index in [2.05, 4.69) is 10.8 Å². The van der Waals surface area contributed by atoms with Gasteiger partial charge in [0.1, 0.15) is 11.6 Å². The summed E-state index contributed by atoms with van der Waals surface area (Å²) in [6.45, 7) is 5.95. The Morgan fingerprint density at radius 2 is 1.59 bits per heavy atom. The quantitative estimate of drug-likeness (QED) is 0.593. The maximum absolute atomic E-state index is 12.6. The van der Waals surface area contributed by atoms with Crippen molar-refractivity contribution in [2.75, 3.05) is 0 Å². The van der Waals surface area contributed by atoms with E-state index in [4.69, 9.17) is 15.3 Å². The van der Waals surface area contributed by atoms with E-state index in [1.54, 1.807) is 20.8 Å². The van der Waals surface area contributed by atoms with E-state index in [-0.39, 0.29) is 6.61 Å². The number of alkyl carbamates (subject to hydrolysis) is 1. The lowest BCUT2D eigenvalue weighted by molar-refractivity contribution is -0.136. The van der Waals surface area contributed by atoms with Crippen LogP contribution in [0.5, 0.6) is 0 Å². The first kappa shape index (κ1) is 22.4. The summed E-state index contributed by atoms with van der Waals surface area (Å²) in [5.74, 6) is -0.460. The zero-order valence-electron chi connectivity index (χ0n) is 17.1. The third kappa shape index (κ3) is 8.33. The van der Waals surface area contributed by atoms with Crippen molar-refractivity contribution in [1.82, 2.24) is 10.8 Å². The third-order valence-corrected chi connectivity index (χ3v) is 3.96. The van der Waals surface area contributed by atoms with Crippen molar-refractivity contribution in [3.63, 3.8) is 0 Å². The van der Waals surface area contributed by atoms with Gasteiger partial charge in [-0.25, -0.2) is 10.3 Å². The largest absolute Gasteiger partial charge is 0.444 e. The fourth-order valence-corrected chi connectivity index (χ4v) is 2.54. The van der Waals surface area contributed by atoms with Crippen molar-refractivity contribution in [2.45, 2.75) is 52.0 Å². The zero-order valence-corrected chi connectivity index (χ0v) is 17.1. The van der Waals surface area contributed by atoms with Crippen LogP contribution in [-0.2, 0) is 33.9 Å². The van der Waals surface area contributed by atoms with Crippen LogP contribution in [0.1, 0.15) is 37.5 Å². The number of carbonyl (C=O) groups is 2. The number of hydrogen-bond acceptors (Lipinski definition) is 5. The average Bonchev–Trinajstić information content (AvgIpc) is 2.67. The molecule has 0 aromatic heterocycles. The Kier molecular flexibility index (Phi) is 8.18. The molecule has 0 spiro atoms. The monoisotopic (exact) mass is 399 g/mol. The van der Waals surface area contributed by atoms with Gasteiger partial charge in [0, 0.05) is 13.0 Å². The summed E-state index contributed by atoms with van der Waals surface area (Å²) < 4.78 is 5.27. The highest BCUT2D eigenvalue weighted by molar-refractivity contribution is 5.85. The lowest BCUT2D eigenvalue weighted by Crippen LogP contribution is -2.49. The molecule has 2 amide bonds. The number of hydrogen-bond donors (Lipinski definition) is 3. The van der Waals surface area contributed by atoms with Crippen LogP contribution in [0.4, 0.5) is 4.79 Å². The van der Waals surface area contributed by atoms with Gasteiger partial charge in [-0.05, 0) is 37.5 Å². The van der Waals surface area contributed by atoms with Crippen LogP contribution in [0.25, 0.3) is 0 Å². The minimum absolute atomic E-state index is 0.196. The van der Waals surface area contributed by atoms with Crippen LogP contribution in [-0.4, -0.2) is 23.6 Å². The standard InChI is InChI=1S/C22H29N3O4/c1-22(2,3)29-21(27)24-19(13-16-7-5-4-6-8-16)20(26)25-28-15-18-11-9-17(14-23)10-12-18/h4-12,19H,13-15,23H2,1-3H3,(H,24,27)(H,25,26)/t19-/m1/s1. The molecule has 2 aromatic rings. The summed E-state index contributed by atoms with van der Waals surface area (Å²) in [5.41, 5.74) is 10.1. The van der Waals surface area contributed by atoms with Gasteiger partial charge < -0.3 is 15.8 Å². The van der Waals surface area contributed by atoms with Gasteiger partial charge >= 0.3 is 6.09 Å². The molecule has 0 aliphatic rings. The van der Waals surface area contributed by atoms with E-state index in [0.29, 0.717) is 13.0 Å². The Balaban J connectivity index is 1.96. The number of rotatable bonds is 8. The predicted octanol–water partition coefficient (Wildman–Crippen LogP) is 2.83. The van der Waals surface area contributed by atoms with Crippen molar-refractivity contribution >= 4 is 12.0 Å². The number of carbonyl (C=O) groups excluding carboxylic acids is 2. The normalized spacial score (nSPS) is 12.1. The van der Waals surface area contributed by atoms with Crippen molar-refractivity contribution < 1.29 is 19.2 Å². The molecule has 0 bridgehead atoms. The zero-order chi connectivity index (χ0) is 21.3. The molecule has 7 heteroatoms. The summed E-state index contributed by atoms with van der Waals surface area (Å²) in [7, 11) is 0. The highest BCUT2D eigenvalue weighted by atomic mass is 16.7. The highest BCUT2D eigenvalue weighted by Gasteiger charge is 2.25. The van der Waals surface area contributed by atoms with Crippen molar-refractivity contribution in [2.24, 2.45) is 5.73 Å². The molecule has 0 radical (unpaired) electrons. The van der Waals surface area contributed by atoms with E-state index in [1.165, 1.54) is 0 Å². The summed E-state index contributed by atoms with van der Waals surface area (Å²) in [4.78, 5) is 30.1. The molecule has 156 valence electrons. The molecular weight excluding hydrogens is 370 g/mol. The summed E-state index contributed by atoms with van der Waals surface area (Å²) in [6.07, 6.45) is -0.355. The van der Waals surface area contributed by atoms with Crippen LogP contribution in [0.15, 0.2) is 54.6 Å². The fourth-order valence-electron chi connectivity index (χ4n) is 2.54. The van der Waals surface area contributed by atoms with Crippen LogP contribution >= 0.6 is 0 Å². The Labute approximate surface area is 171 Å². The van der Waals surface area contributed by atoms with Crippen LogP contribution in [0.2, 0.25) is 0 Å². The molecule has 4 N–H and O–H groups in total. The van der Waals surface area contributed by atoms with Gasteiger partial charge in [0.05, 0.1) is 6.61 Å². The Morgan fingerprint density at radius 1 is 0.966 bits per heavy atom. The highest BCUT2D eigenvalue weighted by Crippen LogP contribution is 2.09. The third-order valence-electron chi connectivity index (χ3n) is 3.96. The van der Waals surface area contributed by atoms with E-state index >= 15 is 0 Å². The van der Waals surface area contributed by atoms with Gasteiger partial charge in [0.2, 0.25) is 0 Å². The molecule has 0 saturated carbocycles. The fraction of sp³-hybridized carbons (Fsp3) is 0.364. The molecule has 0 unspecified atom stereocenters. The Morgan fingerprint density at radius 3 is 2.17 bits per heavy atom. The second-order valence-electron chi connectivity index (χ2n) is 7.66. The molecule has 7 nitrogen and oxygen atoms in total. The SMILES string of the molecule is CC(C)(C)OC(=O)N[C@H](Cc1ccccc1)C(=O)NOCc1ccc(CN)cc1. The van der Waals surface area contributed by atoms with Gasteiger partial charge in [-0.1, -0.05) is 54.6 Å². The molecule has 0 fully saturated rings. The second kappa shape index (κ2) is 10.6. The first-order valence-corrected chi connectivity index (χ1v) is 9.50. The number of nitrogens with two attached hydrogens (primary N) is 1. The lowest BCUT2D eigenvalue weighted by Gasteiger charge is -2.23. The van der Waals surface area contributed by atoms with Crippen molar-refractivity contribution in [1.29, 1.82) is 0 Å². The van der Waals surface area contributed by atoms with E-state index in [1.807, 2.05) is 54.6 Å². The molecule has 1 atom stereocenters. The number of ether oxygens (including phenoxy) is 1. The minimum atomic E-state index is -0.841. The number of nitrogens with one attached hydrogen (secondary N) is 2. The number of hydroxylamine groups is 1. The maximum Gasteiger partial charge on any atom is 0.408 e. The lowest BCUT2D eigenvalue weighted by atomic mass is 10.1. The number of amides is 2. The van der Waals surface area contributed by atoms with E-state index in [9.17, 15) is 9.59 Å². The summed E-state index contributed by atoms with van der Waals surface area (Å²) in [5, 5.41) is 2.62. The topological polar surface area (TPSA) is 103 Å². The number of benzene rings is 2. The first-order valence-electron chi connectivity index (χ1n) is 9.50. The van der Waals surface area contributed by atoms with Crippen LogP contribution < -0.4 is 16.5 Å². The van der Waals surface area contributed by atoms with Gasteiger partial charge in [0.25, 0.3) is 5.91 Å². The second-order valence-corrected chi connectivity index (χ2v) is 7.66. The van der Waals surface area contributed by atoms with E-state index < -0.39 is 23.6 Å². The molecule has 0 heterocycles. The first-order chi connectivity index (χ1) is 13.8. The smallest absolute Gasteiger partial charge is 0.408 e. The van der Waals surface area contributed by atoms with Crippen molar-refractivity contribution in [3.05, 3.63) is 71.3 Å². The summed E-state index contributed by atoms with van der Waals surface area (Å²) >= 11 is 0. The molecule has 29 heavy (non-hydrogen) atoms. The van der Waals surface area contributed by atoms with Crippen LogP contribution in [0, 0.1) is 0 Å². The minimum Gasteiger partial charge on any atom is -0.444 e. The van der Waals surface area contributed by atoms with Crippen LogP contribution in [0.3, 0.4) is 0 Å². The average molecular weight is 399 g/mol. The maximum atomic E-state index is 12.6. The van der Waals surface area contributed by atoms with Gasteiger partial charge in [-0.2, -0.15) is 0 Å². The molecule has 0 aliphatic carbocycles. The summed E-state index contributed by atoms with van der Waals surface area (Å²) in [6, 6.07) is 16.1. The Hall–Kier alpha value is -2.90. The molecule has 2 aromatic carbocycles.